The first-order valence-electron chi connectivity index (χ1n) is 5.77. The fourth-order valence-corrected chi connectivity index (χ4v) is 4.07. The van der Waals surface area contributed by atoms with E-state index in [9.17, 15) is 4.79 Å². The van der Waals surface area contributed by atoms with Crippen LogP contribution in [0, 0.1) is 23.7 Å². The van der Waals surface area contributed by atoms with Crippen molar-refractivity contribution < 1.29 is 9.53 Å². The summed E-state index contributed by atoms with van der Waals surface area (Å²) in [5, 5.41) is 0. The Labute approximate surface area is 89.0 Å². The zero-order valence-electron chi connectivity index (χ0n) is 8.77. The number of rotatable bonds is 0. The van der Waals surface area contributed by atoms with Gasteiger partial charge in [-0.3, -0.25) is 4.79 Å². The van der Waals surface area contributed by atoms with E-state index in [0.29, 0.717) is 30.1 Å². The summed E-state index contributed by atoms with van der Waals surface area (Å²) >= 11 is 0. The fourth-order valence-electron chi connectivity index (χ4n) is 4.07. The van der Waals surface area contributed by atoms with Crippen molar-refractivity contribution in [2.45, 2.75) is 18.9 Å². The number of ether oxygens (including phenoxy) is 1. The largest absolute Gasteiger partial charge is 0.361 e. The molecule has 2 nitrogen and oxygen atoms in total. The Balaban J connectivity index is 1.91. The zero-order chi connectivity index (χ0) is 10.2. The number of Topliss-reactive ketones (excluding diaryl/α,β-unsaturated/α-hetero) is 1. The Hall–Kier alpha value is -0.890. The third kappa shape index (κ3) is 0.761. The molecule has 0 N–H and O–H groups in total. The van der Waals surface area contributed by atoms with Gasteiger partial charge in [0.15, 0.2) is 11.4 Å². The van der Waals surface area contributed by atoms with E-state index in [4.69, 9.17) is 4.74 Å². The maximum atomic E-state index is 12.3. The van der Waals surface area contributed by atoms with Gasteiger partial charge < -0.3 is 4.74 Å². The van der Waals surface area contributed by atoms with Crippen molar-refractivity contribution in [3.63, 3.8) is 0 Å². The molecule has 15 heavy (non-hydrogen) atoms. The van der Waals surface area contributed by atoms with Crippen LogP contribution in [0.15, 0.2) is 23.8 Å². The van der Waals surface area contributed by atoms with Crippen LogP contribution in [0.5, 0.6) is 0 Å². The van der Waals surface area contributed by atoms with E-state index in [-0.39, 0.29) is 11.5 Å². The molecule has 0 unspecified atom stereocenters. The summed E-state index contributed by atoms with van der Waals surface area (Å²) in [6.07, 6.45) is 7.82. The molecule has 78 valence electrons. The molecular formula is C13H14O2. The quantitative estimate of drug-likeness (QED) is 0.442. The molecule has 4 aliphatic carbocycles. The molecule has 0 amide bonds. The van der Waals surface area contributed by atoms with Gasteiger partial charge >= 0.3 is 0 Å². The fraction of sp³-hybridized carbons (Fsp3) is 0.615. The lowest BCUT2D eigenvalue weighted by Crippen LogP contribution is -2.54. The van der Waals surface area contributed by atoms with Gasteiger partial charge in [-0.15, -0.1) is 0 Å². The Morgan fingerprint density at radius 1 is 1.53 bits per heavy atom. The molecule has 1 aliphatic heterocycles. The van der Waals surface area contributed by atoms with Crippen LogP contribution in [-0.4, -0.2) is 18.0 Å². The van der Waals surface area contributed by atoms with E-state index in [1.54, 1.807) is 0 Å². The van der Waals surface area contributed by atoms with Crippen LogP contribution in [0.1, 0.15) is 13.3 Å². The number of epoxide rings is 1. The smallest absolute Gasteiger partial charge is 0.175 e. The average molecular weight is 202 g/mol. The van der Waals surface area contributed by atoms with Gasteiger partial charge in [-0.25, -0.2) is 0 Å². The van der Waals surface area contributed by atoms with Crippen molar-refractivity contribution in [2.75, 3.05) is 6.61 Å². The number of ketones is 1. The minimum absolute atomic E-state index is 0.112. The molecule has 1 spiro atoms. The zero-order valence-corrected chi connectivity index (χ0v) is 8.77. The summed E-state index contributed by atoms with van der Waals surface area (Å²) in [5.74, 6) is 1.95. The van der Waals surface area contributed by atoms with Gasteiger partial charge in [-0.2, -0.15) is 0 Å². The first-order chi connectivity index (χ1) is 7.24. The second kappa shape index (κ2) is 2.27. The maximum absolute atomic E-state index is 12.3. The van der Waals surface area contributed by atoms with E-state index >= 15 is 0 Å². The van der Waals surface area contributed by atoms with E-state index in [1.165, 1.54) is 5.57 Å². The highest BCUT2D eigenvalue weighted by Gasteiger charge is 2.68. The van der Waals surface area contributed by atoms with Crippen molar-refractivity contribution in [1.29, 1.82) is 0 Å². The summed E-state index contributed by atoms with van der Waals surface area (Å²) in [6, 6.07) is 0. The molecule has 0 aromatic rings. The molecule has 1 heterocycles. The van der Waals surface area contributed by atoms with Gasteiger partial charge in [0.2, 0.25) is 0 Å². The Morgan fingerprint density at radius 2 is 2.33 bits per heavy atom. The number of hydrogen-bond donors (Lipinski definition) is 0. The molecule has 1 saturated carbocycles. The summed E-state index contributed by atoms with van der Waals surface area (Å²) in [7, 11) is 0. The predicted octanol–water partition coefficient (Wildman–Crippen LogP) is 1.72. The molecule has 0 aromatic heterocycles. The van der Waals surface area contributed by atoms with Crippen LogP contribution in [0.3, 0.4) is 0 Å². The lowest BCUT2D eigenvalue weighted by molar-refractivity contribution is -0.136. The van der Waals surface area contributed by atoms with Crippen molar-refractivity contribution in [3.05, 3.63) is 23.8 Å². The monoisotopic (exact) mass is 202 g/mol. The van der Waals surface area contributed by atoms with Gasteiger partial charge in [0.05, 0.1) is 6.61 Å². The van der Waals surface area contributed by atoms with Crippen LogP contribution in [0.2, 0.25) is 0 Å². The first-order valence-corrected chi connectivity index (χ1v) is 5.77. The van der Waals surface area contributed by atoms with E-state index in [2.05, 4.69) is 25.2 Å². The number of allylic oxidation sites excluding steroid dienone is 3. The molecule has 2 bridgehead atoms. The van der Waals surface area contributed by atoms with Crippen molar-refractivity contribution >= 4 is 5.78 Å². The van der Waals surface area contributed by atoms with Gasteiger partial charge in [0.1, 0.15) is 0 Å². The number of hydrogen-bond acceptors (Lipinski definition) is 2. The van der Waals surface area contributed by atoms with Crippen LogP contribution in [-0.2, 0) is 9.53 Å². The van der Waals surface area contributed by atoms with Crippen LogP contribution < -0.4 is 0 Å². The summed E-state index contributed by atoms with van der Waals surface area (Å²) < 4.78 is 5.54. The highest BCUT2D eigenvalue weighted by atomic mass is 16.6. The van der Waals surface area contributed by atoms with Gasteiger partial charge in [-0.1, -0.05) is 23.8 Å². The summed E-state index contributed by atoms with van der Waals surface area (Å²) in [4.78, 5) is 12.3. The first kappa shape index (κ1) is 8.28. The van der Waals surface area contributed by atoms with Gasteiger partial charge in [0.25, 0.3) is 0 Å². The third-order valence-electron chi connectivity index (χ3n) is 4.71. The second-order valence-electron chi connectivity index (χ2n) is 5.36. The van der Waals surface area contributed by atoms with Crippen LogP contribution >= 0.6 is 0 Å². The highest BCUT2D eigenvalue weighted by Crippen LogP contribution is 2.60. The average Bonchev–Trinajstić information content (AvgIpc) is 2.82. The molecule has 0 radical (unpaired) electrons. The van der Waals surface area contributed by atoms with E-state index in [0.717, 1.165) is 6.42 Å². The van der Waals surface area contributed by atoms with Crippen molar-refractivity contribution in [1.82, 2.24) is 0 Å². The molecule has 1 saturated heterocycles. The normalized spacial score (nSPS) is 54.7. The number of carbonyl (C=O) groups excluding carboxylic acids is 1. The van der Waals surface area contributed by atoms with Crippen molar-refractivity contribution in [3.8, 4) is 0 Å². The third-order valence-corrected chi connectivity index (χ3v) is 4.71. The van der Waals surface area contributed by atoms with Gasteiger partial charge in [0, 0.05) is 11.8 Å². The molecule has 5 rings (SSSR count). The Morgan fingerprint density at radius 3 is 3.07 bits per heavy atom. The predicted molar refractivity (Wildman–Crippen MR) is 55.2 cm³/mol. The second-order valence-corrected chi connectivity index (χ2v) is 5.36. The summed E-state index contributed by atoms with van der Waals surface area (Å²) in [6.45, 7) is 2.84. The molecule has 0 aromatic carbocycles. The number of carbonyl (C=O) groups is 1. The SMILES string of the molecule is CC1=C[C@@H]2C(=O)[C@]3(CO3)[C@H]1[C@@H]1CC=C[C@@H]12. The summed E-state index contributed by atoms with van der Waals surface area (Å²) in [5.41, 5.74) is 1.01. The van der Waals surface area contributed by atoms with E-state index in [1.807, 2.05) is 0 Å². The van der Waals surface area contributed by atoms with Crippen LogP contribution in [0.25, 0.3) is 0 Å². The molecular weight excluding hydrogens is 188 g/mol. The lowest BCUT2D eigenvalue weighted by atomic mass is 9.55. The standard InChI is InChI=1S/C13H14O2/c1-7-5-10-8-3-2-4-9(8)11(7)13(6-15-13)12(10)14/h2-3,5,8-11H,4,6H2,1H3/t8-,9+,10-,11+,13-/m0/s1. The maximum Gasteiger partial charge on any atom is 0.175 e. The lowest BCUT2D eigenvalue weighted by Gasteiger charge is -2.46. The Kier molecular flexibility index (Phi) is 1.25. The topological polar surface area (TPSA) is 29.6 Å². The minimum Gasteiger partial charge on any atom is -0.361 e. The highest BCUT2D eigenvalue weighted by molar-refractivity contribution is 5.97. The van der Waals surface area contributed by atoms with E-state index < -0.39 is 0 Å². The molecule has 5 aliphatic rings. The molecule has 2 fully saturated rings. The Bertz CT molecular complexity index is 414. The van der Waals surface area contributed by atoms with Crippen LogP contribution in [0.4, 0.5) is 0 Å². The molecule has 2 heteroatoms. The molecule has 5 atom stereocenters. The minimum atomic E-state index is -0.378. The van der Waals surface area contributed by atoms with Crippen molar-refractivity contribution in [2.24, 2.45) is 23.7 Å². The van der Waals surface area contributed by atoms with Gasteiger partial charge in [-0.05, 0) is 25.2 Å².